The van der Waals surface area contributed by atoms with Crippen LogP contribution in [-0.4, -0.2) is 72.3 Å². The molecule has 0 spiro atoms. The summed E-state index contributed by atoms with van der Waals surface area (Å²) in [5.41, 5.74) is 8.87. The molecular formula is C31H39N5O7S. The summed E-state index contributed by atoms with van der Waals surface area (Å²) in [6.45, 7) is 7.44. The number of nitrogens with two attached hydrogens (primary N) is 1. The number of rotatable bonds is 14. The van der Waals surface area contributed by atoms with Crippen molar-refractivity contribution in [1.82, 2.24) is 19.6 Å². The highest BCUT2D eigenvalue weighted by atomic mass is 32.2. The average Bonchev–Trinajstić information content (AvgIpc) is 3.35. The van der Waals surface area contributed by atoms with Gasteiger partial charge in [0.25, 0.3) is 6.01 Å². The van der Waals surface area contributed by atoms with Crippen molar-refractivity contribution in [2.45, 2.75) is 51.2 Å². The molecule has 4 aromatic rings. The molecule has 2 atom stereocenters. The van der Waals surface area contributed by atoms with Gasteiger partial charge in [0.2, 0.25) is 10.0 Å². The van der Waals surface area contributed by atoms with Gasteiger partial charge in [0, 0.05) is 42.7 Å². The van der Waals surface area contributed by atoms with E-state index in [-0.39, 0.29) is 55.1 Å². The number of hydrogen-bond acceptors (Lipinski definition) is 10. The molecular weight excluding hydrogens is 586 g/mol. The number of nitrogens with zero attached hydrogens (tertiary/aromatic N) is 3. The van der Waals surface area contributed by atoms with Crippen molar-refractivity contribution in [3.63, 3.8) is 0 Å². The third-order valence-corrected chi connectivity index (χ3v) is 8.68. The second-order valence-corrected chi connectivity index (χ2v) is 12.9. The van der Waals surface area contributed by atoms with E-state index in [2.05, 4.69) is 15.3 Å². The summed E-state index contributed by atoms with van der Waals surface area (Å²) in [5, 5.41) is 14.1. The van der Waals surface area contributed by atoms with Crippen molar-refractivity contribution in [1.29, 1.82) is 0 Å². The zero-order chi connectivity index (χ0) is 31.9. The van der Waals surface area contributed by atoms with Crippen LogP contribution in [0.25, 0.3) is 11.1 Å². The second-order valence-electron chi connectivity index (χ2n) is 11.0. The quantitative estimate of drug-likeness (QED) is 0.175. The molecule has 0 saturated heterocycles. The standard InChI is InChI=1S/C31H39N5O7S/c1-20(2)18-36(44(39,40)24-10-11-25-28(15-24)43-30(32)34-25)19-27(37)26(14-23-8-6-5-7-9-23)35-31(38)42-13-12-41-29-21(3)16-33-17-22(29)4/h5-11,15-17,20,26-27,37H,12-14,18-19H2,1-4H3,(H2,32,34)(H,35,38)/t26?,27-/m1/s1. The molecule has 4 rings (SSSR count). The molecule has 13 heteroatoms. The minimum Gasteiger partial charge on any atom is -0.489 e. The molecule has 4 N–H and O–H groups in total. The Balaban J connectivity index is 1.47. The maximum absolute atomic E-state index is 13.8. The number of anilines is 1. The first-order chi connectivity index (χ1) is 20.9. The number of sulfonamides is 1. The molecule has 0 bridgehead atoms. The highest BCUT2D eigenvalue weighted by Gasteiger charge is 2.32. The number of benzene rings is 2. The van der Waals surface area contributed by atoms with E-state index in [0.717, 1.165) is 16.7 Å². The number of ether oxygens (including phenoxy) is 2. The number of oxazole rings is 1. The van der Waals surface area contributed by atoms with Gasteiger partial charge in [0.05, 0.1) is 17.0 Å². The summed E-state index contributed by atoms with van der Waals surface area (Å²) in [6.07, 6.45) is 1.58. The van der Waals surface area contributed by atoms with Crippen molar-refractivity contribution in [3.05, 3.63) is 77.6 Å². The molecule has 0 aliphatic carbocycles. The molecule has 0 fully saturated rings. The molecule has 0 radical (unpaired) electrons. The van der Waals surface area contributed by atoms with Crippen molar-refractivity contribution >= 4 is 33.2 Å². The van der Waals surface area contributed by atoms with Crippen LogP contribution in [0.2, 0.25) is 0 Å². The monoisotopic (exact) mass is 625 g/mol. The molecule has 2 aromatic heterocycles. The Morgan fingerprint density at radius 3 is 2.45 bits per heavy atom. The van der Waals surface area contributed by atoms with Crippen LogP contribution < -0.4 is 15.8 Å². The van der Waals surface area contributed by atoms with Crippen LogP contribution in [-0.2, 0) is 21.2 Å². The molecule has 1 amide bonds. The van der Waals surface area contributed by atoms with E-state index >= 15 is 0 Å². The minimum atomic E-state index is -4.08. The van der Waals surface area contributed by atoms with Crippen LogP contribution in [0.1, 0.15) is 30.5 Å². The molecule has 236 valence electrons. The zero-order valence-corrected chi connectivity index (χ0v) is 26.1. The fourth-order valence-electron chi connectivity index (χ4n) is 4.79. The van der Waals surface area contributed by atoms with Gasteiger partial charge in [0.1, 0.15) is 24.5 Å². The maximum Gasteiger partial charge on any atom is 0.407 e. The van der Waals surface area contributed by atoms with E-state index in [0.29, 0.717) is 11.3 Å². The molecule has 2 heterocycles. The SMILES string of the molecule is Cc1cncc(C)c1OCCOC(=O)NC(Cc1ccccc1)[C@H](O)CN(CC(C)C)S(=O)(=O)c1ccc2nc(N)oc2c1. The average molecular weight is 626 g/mol. The Bertz CT molecular complexity index is 1640. The lowest BCUT2D eigenvalue weighted by molar-refractivity contribution is 0.0844. The fraction of sp³-hybridized carbons (Fsp3) is 0.387. The summed E-state index contributed by atoms with van der Waals surface area (Å²) in [4.78, 5) is 20.9. The summed E-state index contributed by atoms with van der Waals surface area (Å²) in [6, 6.07) is 12.6. The molecule has 2 aromatic carbocycles. The first-order valence-corrected chi connectivity index (χ1v) is 15.7. The Kier molecular flexibility index (Phi) is 10.8. The first kappa shape index (κ1) is 32.7. The van der Waals surface area contributed by atoms with E-state index in [1.54, 1.807) is 12.4 Å². The topological polar surface area (TPSA) is 170 Å². The molecule has 0 aliphatic rings. The number of pyridine rings is 1. The Morgan fingerprint density at radius 1 is 1.07 bits per heavy atom. The second kappa shape index (κ2) is 14.5. The van der Waals surface area contributed by atoms with E-state index < -0.39 is 28.3 Å². The number of carbonyl (C=O) groups excluding carboxylic acids is 1. The summed E-state index contributed by atoms with van der Waals surface area (Å²) >= 11 is 0. The van der Waals surface area contributed by atoms with Crippen LogP contribution in [0, 0.1) is 19.8 Å². The predicted molar refractivity (Wildman–Crippen MR) is 166 cm³/mol. The number of amides is 1. The highest BCUT2D eigenvalue weighted by Crippen LogP contribution is 2.25. The maximum atomic E-state index is 13.8. The van der Waals surface area contributed by atoms with Gasteiger partial charge in [0.15, 0.2) is 5.58 Å². The molecule has 1 unspecified atom stereocenters. The van der Waals surface area contributed by atoms with Gasteiger partial charge in [-0.05, 0) is 43.9 Å². The summed E-state index contributed by atoms with van der Waals surface area (Å²) in [5.74, 6) is 0.624. The Labute approximate surface area is 257 Å². The number of alkyl carbamates (subject to hydrolysis) is 1. The molecule has 44 heavy (non-hydrogen) atoms. The fourth-order valence-corrected chi connectivity index (χ4v) is 6.42. The van der Waals surface area contributed by atoms with E-state index in [1.165, 1.54) is 22.5 Å². The highest BCUT2D eigenvalue weighted by molar-refractivity contribution is 7.89. The third kappa shape index (κ3) is 8.46. The smallest absolute Gasteiger partial charge is 0.407 e. The van der Waals surface area contributed by atoms with Gasteiger partial charge in [-0.15, -0.1) is 0 Å². The minimum absolute atomic E-state index is 0.0272. The first-order valence-electron chi connectivity index (χ1n) is 14.3. The van der Waals surface area contributed by atoms with Crippen LogP contribution >= 0.6 is 0 Å². The molecule has 12 nitrogen and oxygen atoms in total. The van der Waals surface area contributed by atoms with Crippen molar-refractivity contribution < 1.29 is 32.2 Å². The number of carbonyl (C=O) groups is 1. The predicted octanol–water partition coefficient (Wildman–Crippen LogP) is 3.85. The van der Waals surface area contributed by atoms with Crippen LogP contribution in [0.3, 0.4) is 0 Å². The normalized spacial score (nSPS) is 13.2. The largest absolute Gasteiger partial charge is 0.489 e. The zero-order valence-electron chi connectivity index (χ0n) is 25.3. The van der Waals surface area contributed by atoms with Gasteiger partial charge in [-0.25, -0.2) is 13.2 Å². The lowest BCUT2D eigenvalue weighted by Gasteiger charge is -2.30. The number of nitrogen functional groups attached to an aromatic ring is 1. The number of hydrogen-bond donors (Lipinski definition) is 3. The number of aryl methyl sites for hydroxylation is 2. The number of aliphatic hydroxyl groups is 1. The van der Waals surface area contributed by atoms with Crippen LogP contribution in [0.15, 0.2) is 70.2 Å². The van der Waals surface area contributed by atoms with Crippen molar-refractivity contribution in [2.24, 2.45) is 5.92 Å². The third-order valence-electron chi connectivity index (χ3n) is 6.86. The summed E-state index contributed by atoms with van der Waals surface area (Å²) in [7, 11) is -4.08. The van der Waals surface area contributed by atoms with Crippen LogP contribution in [0.4, 0.5) is 10.8 Å². The Hall–Kier alpha value is -4.20. The number of aromatic nitrogens is 2. The van der Waals surface area contributed by atoms with E-state index in [9.17, 15) is 18.3 Å². The summed E-state index contributed by atoms with van der Waals surface area (Å²) < 4.78 is 45.2. The lowest BCUT2D eigenvalue weighted by Crippen LogP contribution is -2.51. The number of nitrogens with one attached hydrogen (secondary N) is 1. The van der Waals surface area contributed by atoms with E-state index in [4.69, 9.17) is 19.6 Å². The Morgan fingerprint density at radius 2 is 1.77 bits per heavy atom. The van der Waals surface area contributed by atoms with Crippen molar-refractivity contribution in [2.75, 3.05) is 32.0 Å². The van der Waals surface area contributed by atoms with Gasteiger partial charge >= 0.3 is 6.09 Å². The number of aliphatic hydroxyl groups excluding tert-OH is 1. The van der Waals surface area contributed by atoms with Crippen LogP contribution in [0.5, 0.6) is 5.75 Å². The van der Waals surface area contributed by atoms with Gasteiger partial charge in [-0.2, -0.15) is 9.29 Å². The van der Waals surface area contributed by atoms with Gasteiger partial charge < -0.3 is 30.0 Å². The number of fused-ring (bicyclic) bond motifs is 1. The van der Waals surface area contributed by atoms with Crippen molar-refractivity contribution in [3.8, 4) is 5.75 Å². The van der Waals surface area contributed by atoms with E-state index in [1.807, 2.05) is 58.0 Å². The molecule has 0 saturated carbocycles. The molecule has 0 aliphatic heterocycles. The lowest BCUT2D eigenvalue weighted by atomic mass is 10.0. The van der Waals surface area contributed by atoms with Gasteiger partial charge in [-0.3, -0.25) is 4.98 Å². The van der Waals surface area contributed by atoms with Gasteiger partial charge in [-0.1, -0.05) is 44.2 Å².